The molecule has 0 fully saturated rings. The Balaban J connectivity index is 2.06. The number of hydrogen-bond donors (Lipinski definition) is 1. The van der Waals surface area contributed by atoms with Gasteiger partial charge in [0.25, 0.3) is 0 Å². The van der Waals surface area contributed by atoms with Crippen molar-refractivity contribution in [1.29, 1.82) is 0 Å². The van der Waals surface area contributed by atoms with Crippen LogP contribution in [-0.4, -0.2) is 16.2 Å². The molecule has 0 radical (unpaired) electrons. The van der Waals surface area contributed by atoms with Gasteiger partial charge < -0.3 is 14.0 Å². The van der Waals surface area contributed by atoms with Crippen molar-refractivity contribution in [2.45, 2.75) is 6.18 Å². The lowest BCUT2D eigenvalue weighted by atomic mass is 10.1. The van der Waals surface area contributed by atoms with E-state index in [1.165, 1.54) is 12.1 Å². The minimum atomic E-state index is -4.47. The van der Waals surface area contributed by atoms with Crippen molar-refractivity contribution in [3.05, 3.63) is 41.6 Å². The SMILES string of the molecule is O=C(O)c1cc(-c2cc3ccc(C(F)(F)F)cc3o2)on1. The largest absolute Gasteiger partial charge is 0.476 e. The van der Waals surface area contributed by atoms with Crippen molar-refractivity contribution in [2.75, 3.05) is 0 Å². The summed E-state index contributed by atoms with van der Waals surface area (Å²) < 4.78 is 47.9. The molecule has 0 aliphatic carbocycles. The van der Waals surface area contributed by atoms with Crippen LogP contribution in [0.5, 0.6) is 0 Å². The van der Waals surface area contributed by atoms with E-state index in [2.05, 4.69) is 5.16 Å². The Kier molecular flexibility index (Phi) is 2.75. The lowest BCUT2D eigenvalue weighted by Gasteiger charge is -2.04. The van der Waals surface area contributed by atoms with Gasteiger partial charge in [-0.25, -0.2) is 4.79 Å². The van der Waals surface area contributed by atoms with E-state index in [1.807, 2.05) is 0 Å². The van der Waals surface area contributed by atoms with E-state index >= 15 is 0 Å². The van der Waals surface area contributed by atoms with Crippen LogP contribution in [0.4, 0.5) is 13.2 Å². The fourth-order valence-electron chi connectivity index (χ4n) is 1.82. The molecule has 0 saturated carbocycles. The summed E-state index contributed by atoms with van der Waals surface area (Å²) in [6.45, 7) is 0. The number of carbonyl (C=O) groups is 1. The van der Waals surface area contributed by atoms with E-state index in [0.29, 0.717) is 5.39 Å². The Morgan fingerprint density at radius 1 is 1.14 bits per heavy atom. The molecule has 3 aromatic rings. The van der Waals surface area contributed by atoms with E-state index in [0.717, 1.165) is 18.2 Å². The molecule has 0 bridgehead atoms. The van der Waals surface area contributed by atoms with Gasteiger partial charge in [-0.3, -0.25) is 0 Å². The molecule has 3 rings (SSSR count). The highest BCUT2D eigenvalue weighted by atomic mass is 19.4. The van der Waals surface area contributed by atoms with Gasteiger partial charge in [0.05, 0.1) is 5.56 Å². The minimum Gasteiger partial charge on any atom is -0.476 e. The van der Waals surface area contributed by atoms with Crippen LogP contribution in [0.2, 0.25) is 0 Å². The Morgan fingerprint density at radius 3 is 2.52 bits per heavy atom. The molecular formula is C13H6F3NO4. The van der Waals surface area contributed by atoms with Gasteiger partial charge in [-0.1, -0.05) is 11.2 Å². The number of hydrogen-bond acceptors (Lipinski definition) is 4. The Morgan fingerprint density at radius 2 is 1.90 bits per heavy atom. The van der Waals surface area contributed by atoms with Crippen LogP contribution < -0.4 is 0 Å². The van der Waals surface area contributed by atoms with Gasteiger partial charge in [-0.05, 0) is 18.2 Å². The van der Waals surface area contributed by atoms with E-state index in [1.54, 1.807) is 0 Å². The average molecular weight is 297 g/mol. The fraction of sp³-hybridized carbons (Fsp3) is 0.0769. The average Bonchev–Trinajstić information content (AvgIpc) is 3.03. The molecule has 21 heavy (non-hydrogen) atoms. The van der Waals surface area contributed by atoms with E-state index in [-0.39, 0.29) is 22.8 Å². The molecule has 0 atom stereocenters. The molecular weight excluding hydrogens is 291 g/mol. The summed E-state index contributed by atoms with van der Waals surface area (Å²) in [5.41, 5.74) is -1.13. The number of nitrogens with zero attached hydrogens (tertiary/aromatic N) is 1. The van der Waals surface area contributed by atoms with Crippen molar-refractivity contribution >= 4 is 16.9 Å². The lowest BCUT2D eigenvalue weighted by molar-refractivity contribution is -0.137. The molecule has 0 saturated heterocycles. The zero-order valence-electron chi connectivity index (χ0n) is 10.1. The predicted octanol–water partition coefficient (Wildman–Crippen LogP) is 3.80. The maximum atomic E-state index is 12.6. The number of aromatic carboxylic acids is 1. The Hall–Kier alpha value is -2.77. The number of aromatic nitrogens is 1. The van der Waals surface area contributed by atoms with Gasteiger partial charge in [0.15, 0.2) is 11.5 Å². The third-order valence-corrected chi connectivity index (χ3v) is 2.82. The summed E-state index contributed by atoms with van der Waals surface area (Å²) in [7, 11) is 0. The number of benzene rings is 1. The van der Waals surface area contributed by atoms with Crippen molar-refractivity contribution in [1.82, 2.24) is 5.16 Å². The number of carboxylic acids is 1. The van der Waals surface area contributed by atoms with Gasteiger partial charge in [0.1, 0.15) is 5.58 Å². The van der Waals surface area contributed by atoms with Gasteiger partial charge in [-0.2, -0.15) is 13.2 Å². The zero-order chi connectivity index (χ0) is 15.2. The summed E-state index contributed by atoms with van der Waals surface area (Å²) in [6, 6.07) is 5.64. The van der Waals surface area contributed by atoms with Gasteiger partial charge >= 0.3 is 12.1 Å². The molecule has 0 unspecified atom stereocenters. The van der Waals surface area contributed by atoms with Gasteiger partial charge in [0, 0.05) is 11.5 Å². The number of halogens is 3. The van der Waals surface area contributed by atoms with Crippen molar-refractivity contribution in [2.24, 2.45) is 0 Å². The number of rotatable bonds is 2. The summed E-state index contributed by atoms with van der Waals surface area (Å²) in [6.07, 6.45) is -4.47. The molecule has 1 N–H and O–H groups in total. The molecule has 2 aromatic heterocycles. The summed E-state index contributed by atoms with van der Waals surface area (Å²) in [5.74, 6) is -1.15. The number of furan rings is 1. The highest BCUT2D eigenvalue weighted by Gasteiger charge is 2.31. The topological polar surface area (TPSA) is 76.5 Å². The van der Waals surface area contributed by atoms with Crippen molar-refractivity contribution in [3.63, 3.8) is 0 Å². The van der Waals surface area contributed by atoms with Gasteiger partial charge in [-0.15, -0.1) is 0 Å². The molecule has 0 aliphatic heterocycles. The van der Waals surface area contributed by atoms with Crippen molar-refractivity contribution < 1.29 is 32.0 Å². The molecule has 5 nitrogen and oxygen atoms in total. The second-order valence-corrected chi connectivity index (χ2v) is 4.24. The Labute approximate surface area is 114 Å². The quantitative estimate of drug-likeness (QED) is 0.778. The third-order valence-electron chi connectivity index (χ3n) is 2.82. The normalized spacial score (nSPS) is 12.0. The standard InChI is InChI=1S/C13H6F3NO4/c14-13(15,16)7-2-1-6-3-10(20-9(6)4-7)11-5-8(12(18)19)17-21-11/h1-5H,(H,18,19). The first-order valence-corrected chi connectivity index (χ1v) is 5.66. The maximum Gasteiger partial charge on any atom is 0.416 e. The molecule has 108 valence electrons. The molecule has 0 amide bonds. The predicted molar refractivity (Wildman–Crippen MR) is 63.7 cm³/mol. The number of carboxylic acid groups (broad SMARTS) is 1. The minimum absolute atomic E-state index is 0.0214. The lowest BCUT2D eigenvalue weighted by Crippen LogP contribution is -2.03. The molecule has 2 heterocycles. The van der Waals surface area contributed by atoms with E-state index in [9.17, 15) is 18.0 Å². The summed E-state index contributed by atoms with van der Waals surface area (Å²) >= 11 is 0. The van der Waals surface area contributed by atoms with E-state index < -0.39 is 17.7 Å². The smallest absolute Gasteiger partial charge is 0.416 e. The van der Waals surface area contributed by atoms with Crippen LogP contribution >= 0.6 is 0 Å². The maximum absolute atomic E-state index is 12.6. The zero-order valence-corrected chi connectivity index (χ0v) is 10.1. The second kappa shape index (κ2) is 4.37. The monoisotopic (exact) mass is 297 g/mol. The Bertz CT molecular complexity index is 831. The fourth-order valence-corrected chi connectivity index (χ4v) is 1.82. The molecule has 0 aliphatic rings. The number of alkyl halides is 3. The van der Waals surface area contributed by atoms with Crippen LogP contribution in [0, 0.1) is 0 Å². The molecule has 0 spiro atoms. The third kappa shape index (κ3) is 2.35. The summed E-state index contributed by atoms with van der Waals surface area (Å²) in [5, 5.41) is 12.5. The molecule has 1 aromatic carbocycles. The van der Waals surface area contributed by atoms with Crippen LogP contribution in [0.15, 0.2) is 39.3 Å². The summed E-state index contributed by atoms with van der Waals surface area (Å²) in [4.78, 5) is 10.7. The van der Waals surface area contributed by atoms with Crippen LogP contribution in [-0.2, 0) is 6.18 Å². The van der Waals surface area contributed by atoms with Gasteiger partial charge in [0.2, 0.25) is 5.76 Å². The first-order valence-electron chi connectivity index (χ1n) is 5.66. The van der Waals surface area contributed by atoms with Crippen LogP contribution in [0.25, 0.3) is 22.5 Å². The van der Waals surface area contributed by atoms with Crippen LogP contribution in [0.1, 0.15) is 16.1 Å². The number of fused-ring (bicyclic) bond motifs is 1. The van der Waals surface area contributed by atoms with Crippen LogP contribution in [0.3, 0.4) is 0 Å². The highest BCUT2D eigenvalue weighted by Crippen LogP contribution is 2.34. The first-order chi connectivity index (χ1) is 9.84. The first kappa shape index (κ1) is 13.2. The molecule has 8 heteroatoms. The van der Waals surface area contributed by atoms with Crippen molar-refractivity contribution in [3.8, 4) is 11.5 Å². The van der Waals surface area contributed by atoms with E-state index in [4.69, 9.17) is 14.0 Å². The second-order valence-electron chi connectivity index (χ2n) is 4.24. The highest BCUT2D eigenvalue weighted by molar-refractivity contribution is 5.87.